The minimum absolute atomic E-state index is 0.00976. The molecule has 2 fully saturated rings. The lowest BCUT2D eigenvalue weighted by molar-refractivity contribution is -0.0974. The molecular weight excluding hydrogens is 342 g/mol. The molecule has 27 heavy (non-hydrogen) atoms. The van der Waals surface area contributed by atoms with Crippen molar-refractivity contribution in [2.75, 3.05) is 0 Å². The Labute approximate surface area is 162 Å². The predicted octanol–water partition coefficient (Wildman–Crippen LogP) is 4.61. The standard InChI is InChI=1S/C22H33NO4/c1-15(2)26-19-12-7-6-11-18(19)22(25)13-16-9-8-10-17(14-22)23(16)20(24)27-21(3,4)5/h6-7,11-12,15-17,25H,8-10,13-14H2,1-5H3. The summed E-state index contributed by atoms with van der Waals surface area (Å²) in [5.74, 6) is 0.735. The van der Waals surface area contributed by atoms with E-state index in [2.05, 4.69) is 0 Å². The largest absolute Gasteiger partial charge is 0.491 e. The fraction of sp³-hybridized carbons (Fsp3) is 0.682. The van der Waals surface area contributed by atoms with Crippen molar-refractivity contribution in [3.63, 3.8) is 0 Å². The molecule has 0 aromatic heterocycles. The van der Waals surface area contributed by atoms with Gasteiger partial charge in [0.05, 0.1) is 11.7 Å². The third-order valence-electron chi connectivity index (χ3n) is 5.36. The average Bonchev–Trinajstić information content (AvgIpc) is 2.52. The zero-order valence-electron chi connectivity index (χ0n) is 17.2. The second kappa shape index (κ2) is 7.34. The summed E-state index contributed by atoms with van der Waals surface area (Å²) in [6.07, 6.45) is 3.68. The van der Waals surface area contributed by atoms with Gasteiger partial charge >= 0.3 is 6.09 Å². The highest BCUT2D eigenvalue weighted by Crippen LogP contribution is 2.47. The van der Waals surface area contributed by atoms with Gasteiger partial charge in [0.25, 0.3) is 0 Å². The Morgan fingerprint density at radius 2 is 1.78 bits per heavy atom. The molecule has 2 atom stereocenters. The fourth-order valence-electron chi connectivity index (χ4n) is 4.47. The van der Waals surface area contributed by atoms with Crippen LogP contribution in [-0.2, 0) is 10.3 Å². The molecule has 0 aliphatic carbocycles. The Kier molecular flexibility index (Phi) is 5.44. The van der Waals surface area contributed by atoms with Crippen molar-refractivity contribution in [2.45, 2.75) is 96.1 Å². The number of fused-ring (bicyclic) bond motifs is 2. The van der Waals surface area contributed by atoms with Crippen LogP contribution in [0.2, 0.25) is 0 Å². The molecular formula is C22H33NO4. The fourth-order valence-corrected chi connectivity index (χ4v) is 4.47. The summed E-state index contributed by atoms with van der Waals surface area (Å²) >= 11 is 0. The van der Waals surface area contributed by atoms with Crippen LogP contribution in [0, 0.1) is 0 Å². The van der Waals surface area contributed by atoms with Gasteiger partial charge in [0, 0.05) is 30.5 Å². The monoisotopic (exact) mass is 375 g/mol. The molecule has 0 radical (unpaired) electrons. The van der Waals surface area contributed by atoms with Gasteiger partial charge in [0.1, 0.15) is 11.4 Å². The molecule has 2 bridgehead atoms. The van der Waals surface area contributed by atoms with E-state index in [0.717, 1.165) is 30.6 Å². The van der Waals surface area contributed by atoms with Gasteiger partial charge in [-0.1, -0.05) is 18.2 Å². The first-order chi connectivity index (χ1) is 12.6. The molecule has 2 heterocycles. The number of carbonyl (C=O) groups excluding carboxylic acids is 1. The number of hydrogen-bond donors (Lipinski definition) is 1. The summed E-state index contributed by atoms with van der Waals surface area (Å²) in [6, 6.07) is 7.73. The lowest BCUT2D eigenvalue weighted by atomic mass is 9.72. The minimum Gasteiger partial charge on any atom is -0.491 e. The van der Waals surface area contributed by atoms with Crippen LogP contribution < -0.4 is 4.74 Å². The molecule has 3 rings (SSSR count). The first-order valence-electron chi connectivity index (χ1n) is 10.1. The Bertz CT molecular complexity index is 665. The van der Waals surface area contributed by atoms with E-state index in [9.17, 15) is 9.90 Å². The van der Waals surface area contributed by atoms with Crippen LogP contribution in [0.4, 0.5) is 4.79 Å². The molecule has 2 aliphatic heterocycles. The summed E-state index contributed by atoms with van der Waals surface area (Å²) in [6.45, 7) is 9.64. The topological polar surface area (TPSA) is 59.0 Å². The number of rotatable bonds is 3. The van der Waals surface area contributed by atoms with Crippen molar-refractivity contribution in [3.8, 4) is 5.75 Å². The number of piperidine rings is 2. The summed E-state index contributed by atoms with van der Waals surface area (Å²) < 4.78 is 11.6. The van der Waals surface area contributed by atoms with Crippen LogP contribution in [0.25, 0.3) is 0 Å². The number of amides is 1. The van der Waals surface area contributed by atoms with Crippen molar-refractivity contribution < 1.29 is 19.4 Å². The first kappa shape index (κ1) is 20.0. The van der Waals surface area contributed by atoms with E-state index in [4.69, 9.17) is 9.47 Å². The average molecular weight is 376 g/mol. The molecule has 1 N–H and O–H groups in total. The SMILES string of the molecule is CC(C)Oc1ccccc1C1(O)CC2CCCC(C1)N2C(=O)OC(C)(C)C. The number of ether oxygens (including phenoxy) is 2. The summed E-state index contributed by atoms with van der Waals surface area (Å²) in [4.78, 5) is 14.7. The zero-order valence-corrected chi connectivity index (χ0v) is 17.2. The van der Waals surface area contributed by atoms with Gasteiger partial charge in [0.2, 0.25) is 0 Å². The van der Waals surface area contributed by atoms with Gasteiger partial charge in [-0.25, -0.2) is 4.79 Å². The molecule has 2 saturated heterocycles. The number of nitrogens with zero attached hydrogens (tertiary/aromatic N) is 1. The highest BCUT2D eigenvalue weighted by molar-refractivity contribution is 5.69. The van der Waals surface area contributed by atoms with Crippen LogP contribution >= 0.6 is 0 Å². The quantitative estimate of drug-likeness (QED) is 0.838. The number of aliphatic hydroxyl groups is 1. The molecule has 1 aromatic rings. The molecule has 5 nitrogen and oxygen atoms in total. The van der Waals surface area contributed by atoms with E-state index in [1.807, 2.05) is 63.8 Å². The van der Waals surface area contributed by atoms with E-state index in [-0.39, 0.29) is 24.3 Å². The molecule has 0 spiro atoms. The highest BCUT2D eigenvalue weighted by atomic mass is 16.6. The van der Waals surface area contributed by atoms with Crippen molar-refractivity contribution in [1.82, 2.24) is 4.90 Å². The third kappa shape index (κ3) is 4.40. The first-order valence-corrected chi connectivity index (χ1v) is 10.1. The van der Waals surface area contributed by atoms with Gasteiger partial charge in [-0.2, -0.15) is 0 Å². The molecule has 2 aliphatic rings. The summed E-state index contributed by atoms with van der Waals surface area (Å²) in [5, 5.41) is 11.6. The van der Waals surface area contributed by atoms with E-state index in [1.165, 1.54) is 0 Å². The highest BCUT2D eigenvalue weighted by Gasteiger charge is 2.50. The second-order valence-electron chi connectivity index (χ2n) is 9.23. The van der Waals surface area contributed by atoms with E-state index in [0.29, 0.717) is 12.8 Å². The van der Waals surface area contributed by atoms with Crippen LogP contribution in [0.15, 0.2) is 24.3 Å². The maximum absolute atomic E-state index is 12.8. The van der Waals surface area contributed by atoms with Gasteiger partial charge in [-0.05, 0) is 59.9 Å². The van der Waals surface area contributed by atoms with Crippen molar-refractivity contribution >= 4 is 6.09 Å². The predicted molar refractivity (Wildman–Crippen MR) is 105 cm³/mol. The molecule has 2 unspecified atom stereocenters. The van der Waals surface area contributed by atoms with Gasteiger partial charge in [-0.3, -0.25) is 0 Å². The lowest BCUT2D eigenvalue weighted by Gasteiger charge is -2.52. The van der Waals surface area contributed by atoms with Gasteiger partial charge < -0.3 is 19.5 Å². The number of para-hydroxylation sites is 1. The molecule has 1 aromatic carbocycles. The maximum atomic E-state index is 12.8. The summed E-state index contributed by atoms with van der Waals surface area (Å²) in [5.41, 5.74) is -0.671. The van der Waals surface area contributed by atoms with Gasteiger partial charge in [0.15, 0.2) is 0 Å². The Morgan fingerprint density at radius 3 is 2.33 bits per heavy atom. The zero-order chi connectivity index (χ0) is 19.8. The van der Waals surface area contributed by atoms with Gasteiger partial charge in [-0.15, -0.1) is 0 Å². The Morgan fingerprint density at radius 1 is 1.19 bits per heavy atom. The minimum atomic E-state index is -0.986. The third-order valence-corrected chi connectivity index (χ3v) is 5.36. The normalized spacial score (nSPS) is 28.2. The molecule has 150 valence electrons. The van der Waals surface area contributed by atoms with Crippen LogP contribution in [0.3, 0.4) is 0 Å². The van der Waals surface area contributed by atoms with Crippen LogP contribution in [0.5, 0.6) is 5.75 Å². The number of benzene rings is 1. The van der Waals surface area contributed by atoms with Crippen molar-refractivity contribution in [1.29, 1.82) is 0 Å². The Hall–Kier alpha value is -1.75. The lowest BCUT2D eigenvalue weighted by Crippen LogP contribution is -2.59. The van der Waals surface area contributed by atoms with E-state index >= 15 is 0 Å². The molecule has 0 saturated carbocycles. The summed E-state index contributed by atoms with van der Waals surface area (Å²) in [7, 11) is 0. The van der Waals surface area contributed by atoms with Crippen LogP contribution in [0.1, 0.15) is 72.3 Å². The Balaban J connectivity index is 1.87. The second-order valence-corrected chi connectivity index (χ2v) is 9.23. The number of carbonyl (C=O) groups is 1. The van der Waals surface area contributed by atoms with E-state index < -0.39 is 11.2 Å². The molecule has 5 heteroatoms. The van der Waals surface area contributed by atoms with Crippen molar-refractivity contribution in [3.05, 3.63) is 29.8 Å². The van der Waals surface area contributed by atoms with Crippen LogP contribution in [-0.4, -0.2) is 39.9 Å². The smallest absolute Gasteiger partial charge is 0.410 e. The number of hydrogen-bond acceptors (Lipinski definition) is 4. The molecule has 1 amide bonds. The van der Waals surface area contributed by atoms with Crippen molar-refractivity contribution in [2.24, 2.45) is 0 Å². The maximum Gasteiger partial charge on any atom is 0.410 e. The van der Waals surface area contributed by atoms with E-state index in [1.54, 1.807) is 0 Å².